The Hall–Kier alpha value is -3.55. The van der Waals surface area contributed by atoms with E-state index in [9.17, 15) is 19.6 Å². The molecule has 11 heteroatoms. The van der Waals surface area contributed by atoms with Crippen LogP contribution in [-0.4, -0.2) is 43.7 Å². The largest absolute Gasteiger partial charge is 0.481 e. The number of aryl methyl sites for hydroxylation is 1. The van der Waals surface area contributed by atoms with Crippen LogP contribution in [0.5, 0.6) is 0 Å². The first-order valence-electron chi connectivity index (χ1n) is 11.9. The number of benzene rings is 1. The van der Waals surface area contributed by atoms with Gasteiger partial charge in [0.05, 0.1) is 21.7 Å². The highest BCUT2D eigenvalue weighted by atomic mass is 35.5. The van der Waals surface area contributed by atoms with E-state index in [-0.39, 0.29) is 53.9 Å². The number of likely N-dealkylation sites (tertiary alicyclic amines) is 1. The number of halogens is 3. The van der Waals surface area contributed by atoms with E-state index in [1.54, 1.807) is 18.2 Å². The highest BCUT2D eigenvalue weighted by molar-refractivity contribution is 6.30. The Bertz CT molecular complexity index is 1360. The molecule has 0 saturated carbocycles. The average molecular weight is 529 g/mol. The van der Waals surface area contributed by atoms with Crippen LogP contribution in [0.15, 0.2) is 30.3 Å². The van der Waals surface area contributed by atoms with E-state index < -0.39 is 23.0 Å². The maximum absolute atomic E-state index is 15.2. The summed E-state index contributed by atoms with van der Waals surface area (Å²) in [7, 11) is 0. The zero-order valence-corrected chi connectivity index (χ0v) is 21.2. The van der Waals surface area contributed by atoms with Crippen LogP contribution in [0.25, 0.3) is 0 Å². The minimum atomic E-state index is -1.30. The summed E-state index contributed by atoms with van der Waals surface area (Å²) in [6, 6.07) is 9.46. The predicted octanol–water partition coefficient (Wildman–Crippen LogP) is 5.35. The van der Waals surface area contributed by atoms with Crippen molar-refractivity contribution in [2.75, 3.05) is 11.9 Å². The molecule has 0 spiro atoms. The lowest BCUT2D eigenvalue weighted by Crippen LogP contribution is -2.50. The number of carboxylic acids is 1. The Morgan fingerprint density at radius 3 is 2.78 bits per heavy atom. The molecule has 2 aromatic heterocycles. The minimum absolute atomic E-state index is 0.0378. The maximum Gasteiger partial charge on any atom is 0.310 e. The van der Waals surface area contributed by atoms with Crippen molar-refractivity contribution in [2.24, 2.45) is 5.41 Å². The average Bonchev–Trinajstić information content (AvgIpc) is 3.28. The molecule has 0 amide bonds. The Morgan fingerprint density at radius 2 is 2.14 bits per heavy atom. The molecular formula is C26H27ClF2N6O2. The lowest BCUT2D eigenvalue weighted by molar-refractivity contribution is -0.154. The molecule has 1 fully saturated rings. The Balaban J connectivity index is 1.61. The highest BCUT2D eigenvalue weighted by Crippen LogP contribution is 2.41. The third-order valence-corrected chi connectivity index (χ3v) is 7.26. The number of carbonyl (C=O) groups is 1. The molecule has 1 aromatic carbocycles. The number of pyridine rings is 1. The molecule has 4 rings (SSSR count). The van der Waals surface area contributed by atoms with Crippen LogP contribution in [0.4, 0.5) is 20.4 Å². The maximum atomic E-state index is 15.2. The number of aromatic nitrogens is 3. The molecule has 3 heterocycles. The van der Waals surface area contributed by atoms with E-state index in [4.69, 9.17) is 11.6 Å². The van der Waals surface area contributed by atoms with E-state index >= 15 is 4.39 Å². The Morgan fingerprint density at radius 1 is 1.35 bits per heavy atom. The molecule has 8 nitrogen and oxygen atoms in total. The predicted molar refractivity (Wildman–Crippen MR) is 134 cm³/mol. The second-order valence-corrected chi connectivity index (χ2v) is 9.86. The lowest BCUT2D eigenvalue weighted by Gasteiger charge is -2.44. The van der Waals surface area contributed by atoms with Gasteiger partial charge in [0.25, 0.3) is 0 Å². The van der Waals surface area contributed by atoms with Gasteiger partial charge in [-0.2, -0.15) is 10.4 Å². The van der Waals surface area contributed by atoms with Gasteiger partial charge in [-0.05, 0) is 38.8 Å². The highest BCUT2D eigenvalue weighted by Gasteiger charge is 2.46. The van der Waals surface area contributed by atoms with Crippen molar-refractivity contribution in [1.82, 2.24) is 20.1 Å². The van der Waals surface area contributed by atoms with Gasteiger partial charge in [-0.15, -0.1) is 0 Å². The number of nitrogens with one attached hydrogen (secondary N) is 2. The van der Waals surface area contributed by atoms with Crippen LogP contribution in [0.3, 0.4) is 0 Å². The van der Waals surface area contributed by atoms with E-state index in [1.807, 2.05) is 24.8 Å². The van der Waals surface area contributed by atoms with Crippen molar-refractivity contribution in [3.8, 4) is 6.07 Å². The van der Waals surface area contributed by atoms with Gasteiger partial charge < -0.3 is 10.4 Å². The van der Waals surface area contributed by atoms with E-state index in [2.05, 4.69) is 20.5 Å². The van der Waals surface area contributed by atoms with Gasteiger partial charge in [0.1, 0.15) is 17.7 Å². The van der Waals surface area contributed by atoms with Crippen LogP contribution in [-0.2, 0) is 17.8 Å². The number of carboxylic acid groups (broad SMARTS) is 1. The lowest BCUT2D eigenvalue weighted by atomic mass is 9.71. The number of nitrogens with zero attached hydrogens (tertiary/aromatic N) is 4. The Labute approximate surface area is 218 Å². The van der Waals surface area contributed by atoms with Crippen LogP contribution < -0.4 is 5.32 Å². The van der Waals surface area contributed by atoms with Gasteiger partial charge in [-0.3, -0.25) is 14.8 Å². The molecule has 194 valence electrons. The van der Waals surface area contributed by atoms with Crippen molar-refractivity contribution in [3.63, 3.8) is 0 Å². The number of aliphatic carboxylic acids is 1. The fraction of sp³-hybridized carbons (Fsp3) is 0.385. The molecular weight excluding hydrogens is 502 g/mol. The van der Waals surface area contributed by atoms with Gasteiger partial charge >= 0.3 is 5.97 Å². The number of aromatic amines is 1. The first-order valence-corrected chi connectivity index (χ1v) is 12.3. The number of rotatable bonds is 8. The van der Waals surface area contributed by atoms with Crippen LogP contribution in [0.2, 0.25) is 5.02 Å². The molecule has 0 bridgehead atoms. The molecule has 37 heavy (non-hydrogen) atoms. The fourth-order valence-corrected chi connectivity index (χ4v) is 5.13. The summed E-state index contributed by atoms with van der Waals surface area (Å²) < 4.78 is 29.7. The number of hydrogen-bond donors (Lipinski definition) is 3. The zero-order valence-electron chi connectivity index (χ0n) is 20.5. The van der Waals surface area contributed by atoms with E-state index in [1.165, 1.54) is 12.1 Å². The third-order valence-electron chi connectivity index (χ3n) is 6.96. The first-order chi connectivity index (χ1) is 17.7. The minimum Gasteiger partial charge on any atom is -0.481 e. The summed E-state index contributed by atoms with van der Waals surface area (Å²) in [6.45, 7) is 4.41. The molecule has 0 unspecified atom stereocenters. The van der Waals surface area contributed by atoms with Crippen molar-refractivity contribution in [2.45, 2.75) is 52.1 Å². The first kappa shape index (κ1) is 26.5. The smallest absolute Gasteiger partial charge is 0.310 e. The summed E-state index contributed by atoms with van der Waals surface area (Å²) in [5.74, 6) is -1.74. The fourth-order valence-electron chi connectivity index (χ4n) is 4.93. The summed E-state index contributed by atoms with van der Waals surface area (Å²) >= 11 is 5.94. The number of hydrogen-bond acceptors (Lipinski definition) is 6. The molecule has 1 aliphatic heterocycles. The van der Waals surface area contributed by atoms with Gasteiger partial charge in [0, 0.05) is 42.4 Å². The van der Waals surface area contributed by atoms with Crippen molar-refractivity contribution in [3.05, 3.63) is 69.5 Å². The van der Waals surface area contributed by atoms with Gasteiger partial charge in [-0.25, -0.2) is 13.8 Å². The standard InChI is InChI=1S/C26H27ClF2N6O2/c1-3-18-11-26(25(36)37,7-8-35(18)14-16-5-4-6-19(27)23(16)28)12-20-24(29)17(13-30)10-21(31-20)32-22-9-15(2)33-34-22/h4-6,9-10,18H,3,7-8,11-12,14H2,1-2H3,(H,36,37)(H2,31,32,33,34)/t18-,26-/m1/s1. The SMILES string of the molecule is CC[C@@H]1C[C@](Cc2nc(Nc3cc(C)[nH]n3)cc(C#N)c2F)(C(=O)O)CCN1Cc1cccc(Cl)c1F. The van der Waals surface area contributed by atoms with Crippen molar-refractivity contribution >= 4 is 29.2 Å². The molecule has 0 radical (unpaired) electrons. The topological polar surface area (TPSA) is 118 Å². The number of piperidine rings is 1. The molecule has 2 atom stereocenters. The van der Waals surface area contributed by atoms with Crippen molar-refractivity contribution < 1.29 is 18.7 Å². The monoisotopic (exact) mass is 528 g/mol. The quantitative estimate of drug-likeness (QED) is 0.361. The van der Waals surface area contributed by atoms with Gasteiger partial charge in [-0.1, -0.05) is 30.7 Å². The van der Waals surface area contributed by atoms with E-state index in [0.717, 1.165) is 5.69 Å². The summed E-state index contributed by atoms with van der Waals surface area (Å²) in [4.78, 5) is 19.0. The number of nitriles is 1. The second-order valence-electron chi connectivity index (χ2n) is 9.45. The second kappa shape index (κ2) is 10.8. The Kier molecular flexibility index (Phi) is 7.76. The van der Waals surface area contributed by atoms with Gasteiger partial charge in [0.15, 0.2) is 11.6 Å². The van der Waals surface area contributed by atoms with Crippen LogP contribution >= 0.6 is 11.6 Å². The number of anilines is 2. The molecule has 0 aliphatic carbocycles. The van der Waals surface area contributed by atoms with Crippen LogP contribution in [0, 0.1) is 35.3 Å². The molecule has 3 N–H and O–H groups in total. The third kappa shape index (κ3) is 5.58. The molecule has 1 saturated heterocycles. The molecule has 1 aliphatic rings. The zero-order chi connectivity index (χ0) is 26.7. The summed E-state index contributed by atoms with van der Waals surface area (Å²) in [6.07, 6.45) is 0.866. The summed E-state index contributed by atoms with van der Waals surface area (Å²) in [5.41, 5.74) is -0.397. The normalized spacial score (nSPS) is 19.9. The van der Waals surface area contributed by atoms with E-state index in [0.29, 0.717) is 24.3 Å². The summed E-state index contributed by atoms with van der Waals surface area (Å²) in [5, 5.41) is 29.6. The number of H-pyrrole nitrogens is 1. The van der Waals surface area contributed by atoms with Crippen LogP contribution in [0.1, 0.15) is 48.7 Å². The molecule has 3 aromatic rings. The van der Waals surface area contributed by atoms with Gasteiger partial charge in [0.2, 0.25) is 0 Å². The van der Waals surface area contributed by atoms with Crippen molar-refractivity contribution in [1.29, 1.82) is 5.26 Å².